The molecule has 2 aromatic carbocycles. The topological polar surface area (TPSA) is 47.6 Å². The second kappa shape index (κ2) is 10.0. The number of anilines is 1. The fraction of sp³-hybridized carbons (Fsp3) is 0.286. The lowest BCUT2D eigenvalue weighted by Crippen LogP contribution is -2.12. The maximum atomic E-state index is 12.5. The number of hydrogen-bond acceptors (Lipinski definition) is 3. The maximum Gasteiger partial charge on any atom is 0.255 e. The number of nitrogens with one attached hydrogen (secondary N) is 1. The van der Waals surface area contributed by atoms with Crippen LogP contribution in [0.1, 0.15) is 30.6 Å². The molecular formula is C21H24BrNO3. The number of rotatable bonds is 9. The van der Waals surface area contributed by atoms with Crippen molar-refractivity contribution in [1.29, 1.82) is 0 Å². The molecule has 4 nitrogen and oxygen atoms in total. The smallest absolute Gasteiger partial charge is 0.255 e. The Hall–Kier alpha value is -2.27. The molecule has 0 saturated heterocycles. The summed E-state index contributed by atoms with van der Waals surface area (Å²) in [5, 5.41) is 2.89. The van der Waals surface area contributed by atoms with Crippen LogP contribution in [0.25, 0.3) is 0 Å². The molecule has 0 atom stereocenters. The molecular weight excluding hydrogens is 394 g/mol. The summed E-state index contributed by atoms with van der Waals surface area (Å²) in [6.07, 6.45) is 2.66. The van der Waals surface area contributed by atoms with Gasteiger partial charge in [0.25, 0.3) is 5.91 Å². The van der Waals surface area contributed by atoms with Gasteiger partial charge in [-0.2, -0.15) is 0 Å². The van der Waals surface area contributed by atoms with E-state index in [0.717, 1.165) is 16.6 Å². The van der Waals surface area contributed by atoms with Crippen molar-refractivity contribution in [2.45, 2.75) is 20.3 Å². The highest BCUT2D eigenvalue weighted by molar-refractivity contribution is 9.10. The van der Waals surface area contributed by atoms with Gasteiger partial charge in [-0.3, -0.25) is 4.79 Å². The van der Waals surface area contributed by atoms with Crippen molar-refractivity contribution in [3.05, 3.63) is 65.2 Å². The maximum absolute atomic E-state index is 12.5. The molecule has 1 N–H and O–H groups in total. The van der Waals surface area contributed by atoms with Crippen molar-refractivity contribution >= 4 is 27.5 Å². The zero-order chi connectivity index (χ0) is 18.9. The lowest BCUT2D eigenvalue weighted by molar-refractivity contribution is 0.102. The Bertz CT molecular complexity index is 759. The lowest BCUT2D eigenvalue weighted by atomic mass is 10.1. The molecule has 0 heterocycles. The van der Waals surface area contributed by atoms with E-state index in [0.29, 0.717) is 36.1 Å². The van der Waals surface area contributed by atoms with Gasteiger partial charge in [0.1, 0.15) is 18.1 Å². The minimum Gasteiger partial charge on any atom is -0.494 e. The second-order valence-corrected chi connectivity index (χ2v) is 7.11. The van der Waals surface area contributed by atoms with Crippen molar-refractivity contribution in [3.63, 3.8) is 0 Å². The molecule has 138 valence electrons. The van der Waals surface area contributed by atoms with Crippen molar-refractivity contribution < 1.29 is 14.3 Å². The van der Waals surface area contributed by atoms with Crippen molar-refractivity contribution in [2.75, 3.05) is 18.5 Å². The van der Waals surface area contributed by atoms with E-state index in [-0.39, 0.29) is 5.91 Å². The highest BCUT2D eigenvalue weighted by Gasteiger charge is 2.10. The Morgan fingerprint density at radius 2 is 2.04 bits per heavy atom. The number of benzene rings is 2. The number of amides is 1. The zero-order valence-electron chi connectivity index (χ0n) is 15.1. The van der Waals surface area contributed by atoms with E-state index in [1.165, 1.54) is 0 Å². The van der Waals surface area contributed by atoms with E-state index in [9.17, 15) is 4.79 Å². The van der Waals surface area contributed by atoms with Crippen molar-refractivity contribution in [1.82, 2.24) is 0 Å². The quantitative estimate of drug-likeness (QED) is 0.532. The van der Waals surface area contributed by atoms with Crippen LogP contribution in [0.2, 0.25) is 0 Å². The summed E-state index contributed by atoms with van der Waals surface area (Å²) in [6.45, 7) is 9.01. The van der Waals surface area contributed by atoms with Gasteiger partial charge in [0, 0.05) is 17.3 Å². The molecule has 0 aliphatic rings. The fourth-order valence-corrected chi connectivity index (χ4v) is 2.68. The van der Waals surface area contributed by atoms with Crippen LogP contribution in [0.4, 0.5) is 5.69 Å². The molecule has 0 aromatic heterocycles. The summed E-state index contributed by atoms with van der Waals surface area (Å²) in [5.41, 5.74) is 1.23. The monoisotopic (exact) mass is 417 g/mol. The van der Waals surface area contributed by atoms with E-state index in [2.05, 4.69) is 41.7 Å². The van der Waals surface area contributed by atoms with Crippen molar-refractivity contribution in [2.24, 2.45) is 5.92 Å². The van der Waals surface area contributed by atoms with Crippen LogP contribution in [0.5, 0.6) is 11.5 Å². The molecule has 0 aliphatic carbocycles. The summed E-state index contributed by atoms with van der Waals surface area (Å²) < 4.78 is 11.9. The molecule has 2 rings (SSSR count). The molecule has 2 aromatic rings. The first-order chi connectivity index (χ1) is 12.5. The van der Waals surface area contributed by atoms with E-state index < -0.39 is 0 Å². The van der Waals surface area contributed by atoms with Gasteiger partial charge >= 0.3 is 0 Å². The Balaban J connectivity index is 2.00. The number of carbonyl (C=O) groups excluding carboxylic acids is 1. The Kier molecular flexibility index (Phi) is 7.73. The summed E-state index contributed by atoms with van der Waals surface area (Å²) in [7, 11) is 0. The minimum atomic E-state index is -0.194. The van der Waals surface area contributed by atoms with E-state index in [1.54, 1.807) is 24.3 Å². The summed E-state index contributed by atoms with van der Waals surface area (Å²) in [5.74, 6) is 1.81. The first-order valence-corrected chi connectivity index (χ1v) is 9.36. The van der Waals surface area contributed by atoms with Gasteiger partial charge in [0.15, 0.2) is 0 Å². The third-order valence-electron chi connectivity index (χ3n) is 3.61. The van der Waals surface area contributed by atoms with Gasteiger partial charge in [0.05, 0.1) is 11.1 Å². The molecule has 0 fully saturated rings. The number of hydrogen-bond donors (Lipinski definition) is 1. The molecule has 0 radical (unpaired) electrons. The second-order valence-electron chi connectivity index (χ2n) is 6.26. The standard InChI is InChI=1S/C21H24BrNO3/c1-4-11-26-20-9-8-16(13-19(20)22)21(24)23-17-6-5-7-18(14-17)25-12-10-15(2)3/h4-9,13-15H,1,10-12H2,2-3H3,(H,23,24). The SMILES string of the molecule is C=CCOc1ccc(C(=O)Nc2cccc(OCCC(C)C)c2)cc1Br. The van der Waals surface area contributed by atoms with Gasteiger partial charge in [-0.05, 0) is 58.6 Å². The Labute approximate surface area is 163 Å². The molecule has 0 bridgehead atoms. The molecule has 1 amide bonds. The van der Waals surface area contributed by atoms with Crippen molar-refractivity contribution in [3.8, 4) is 11.5 Å². The highest BCUT2D eigenvalue weighted by Crippen LogP contribution is 2.27. The summed E-state index contributed by atoms with van der Waals surface area (Å²) in [4.78, 5) is 12.5. The van der Waals surface area contributed by atoms with E-state index >= 15 is 0 Å². The van der Waals surface area contributed by atoms with E-state index in [4.69, 9.17) is 9.47 Å². The first kappa shape index (κ1) is 20.0. The molecule has 0 saturated carbocycles. The minimum absolute atomic E-state index is 0.194. The van der Waals surface area contributed by atoms with Crippen LogP contribution in [0.3, 0.4) is 0 Å². The molecule has 0 unspecified atom stereocenters. The van der Waals surface area contributed by atoms with Crippen LogP contribution < -0.4 is 14.8 Å². The third-order valence-corrected chi connectivity index (χ3v) is 4.23. The third kappa shape index (κ3) is 6.23. The van der Waals surface area contributed by atoms with E-state index in [1.807, 2.05) is 24.3 Å². The Morgan fingerprint density at radius 3 is 2.73 bits per heavy atom. The van der Waals surface area contributed by atoms with Crippen LogP contribution in [-0.2, 0) is 0 Å². The van der Waals surface area contributed by atoms with Crippen LogP contribution in [-0.4, -0.2) is 19.1 Å². The largest absolute Gasteiger partial charge is 0.494 e. The van der Waals surface area contributed by atoms with Gasteiger partial charge in [-0.1, -0.05) is 32.6 Å². The summed E-state index contributed by atoms with van der Waals surface area (Å²) >= 11 is 3.42. The number of ether oxygens (including phenoxy) is 2. The molecule has 5 heteroatoms. The zero-order valence-corrected chi connectivity index (χ0v) is 16.7. The van der Waals surface area contributed by atoms with Gasteiger partial charge in [0.2, 0.25) is 0 Å². The fourth-order valence-electron chi connectivity index (χ4n) is 2.19. The molecule has 26 heavy (non-hydrogen) atoms. The predicted octanol–water partition coefficient (Wildman–Crippen LogP) is 5.69. The molecule has 0 spiro atoms. The normalized spacial score (nSPS) is 10.5. The first-order valence-electron chi connectivity index (χ1n) is 8.57. The predicted molar refractivity (Wildman–Crippen MR) is 109 cm³/mol. The van der Waals surface area contributed by atoms with Crippen LogP contribution in [0.15, 0.2) is 59.6 Å². The van der Waals surface area contributed by atoms with Gasteiger partial charge < -0.3 is 14.8 Å². The average Bonchev–Trinajstić information content (AvgIpc) is 2.60. The Morgan fingerprint density at radius 1 is 1.23 bits per heavy atom. The lowest BCUT2D eigenvalue weighted by Gasteiger charge is -2.11. The summed E-state index contributed by atoms with van der Waals surface area (Å²) in [6, 6.07) is 12.6. The van der Waals surface area contributed by atoms with Crippen LogP contribution >= 0.6 is 15.9 Å². The van der Waals surface area contributed by atoms with Crippen LogP contribution in [0, 0.1) is 5.92 Å². The number of halogens is 1. The highest BCUT2D eigenvalue weighted by atomic mass is 79.9. The average molecular weight is 418 g/mol. The number of carbonyl (C=O) groups is 1. The van der Waals surface area contributed by atoms with Gasteiger partial charge in [-0.15, -0.1) is 0 Å². The molecule has 0 aliphatic heterocycles. The van der Waals surface area contributed by atoms with Gasteiger partial charge in [-0.25, -0.2) is 0 Å².